The number of aromatic nitrogens is 2. The molecular weight excluding hydrogens is 264 g/mol. The van der Waals surface area contributed by atoms with E-state index >= 15 is 0 Å². The van der Waals surface area contributed by atoms with Crippen molar-refractivity contribution in [2.75, 3.05) is 0 Å². The molecule has 2 nitrogen and oxygen atoms in total. The number of nitrogens with zero attached hydrogens (tertiary/aromatic N) is 2. The van der Waals surface area contributed by atoms with Gasteiger partial charge >= 0.3 is 0 Å². The first-order chi connectivity index (χ1) is 9.81. The third kappa shape index (κ3) is 2.50. The Morgan fingerprint density at radius 3 is 2.90 bits per heavy atom. The number of rotatable bonds is 5. The lowest BCUT2D eigenvalue weighted by molar-refractivity contribution is 0.798. The maximum Gasteiger partial charge on any atom is 0.0928 e. The molecule has 0 aliphatic heterocycles. The van der Waals surface area contributed by atoms with Gasteiger partial charge in [-0.25, -0.2) is 4.98 Å². The van der Waals surface area contributed by atoms with E-state index in [2.05, 4.69) is 54.3 Å². The Morgan fingerprint density at radius 1 is 1.20 bits per heavy atom. The van der Waals surface area contributed by atoms with Crippen LogP contribution >= 0.6 is 11.3 Å². The van der Waals surface area contributed by atoms with Crippen LogP contribution in [-0.2, 0) is 19.4 Å². The van der Waals surface area contributed by atoms with Crippen molar-refractivity contribution < 1.29 is 0 Å². The molecular formula is C17H20N2S. The predicted molar refractivity (Wildman–Crippen MR) is 86.5 cm³/mol. The van der Waals surface area contributed by atoms with E-state index in [1.54, 1.807) is 11.3 Å². The van der Waals surface area contributed by atoms with Crippen LogP contribution in [0.25, 0.3) is 10.9 Å². The molecule has 0 radical (unpaired) electrons. The first-order valence-electron chi connectivity index (χ1n) is 7.31. The van der Waals surface area contributed by atoms with Crippen molar-refractivity contribution in [3.63, 3.8) is 0 Å². The molecule has 0 unspecified atom stereocenters. The van der Waals surface area contributed by atoms with Crippen LogP contribution in [0, 0.1) is 0 Å². The molecule has 20 heavy (non-hydrogen) atoms. The number of fused-ring (bicyclic) bond motifs is 1. The number of thiazole rings is 1. The van der Waals surface area contributed by atoms with Crippen molar-refractivity contribution in [3.8, 4) is 0 Å². The van der Waals surface area contributed by atoms with Gasteiger partial charge in [0.05, 0.1) is 22.8 Å². The van der Waals surface area contributed by atoms with Crippen LogP contribution in [0.15, 0.2) is 35.8 Å². The number of para-hydroxylation sites is 1. The standard InChI is InChI=1S/C17H20N2S/c1-3-6-16-18-15(12-20-16)11-19-10-9-14-8-5-7-13(4-2)17(14)19/h5,7-10,12H,3-4,6,11H2,1-2H3. The second-order valence-electron chi connectivity index (χ2n) is 5.13. The summed E-state index contributed by atoms with van der Waals surface area (Å²) in [5.74, 6) is 0. The summed E-state index contributed by atoms with van der Waals surface area (Å²) in [4.78, 5) is 4.73. The van der Waals surface area contributed by atoms with Crippen molar-refractivity contribution in [2.24, 2.45) is 0 Å². The van der Waals surface area contributed by atoms with E-state index in [0.29, 0.717) is 0 Å². The maximum absolute atomic E-state index is 4.73. The minimum Gasteiger partial charge on any atom is -0.341 e. The highest BCUT2D eigenvalue weighted by atomic mass is 32.1. The fourth-order valence-electron chi connectivity index (χ4n) is 2.68. The largest absolute Gasteiger partial charge is 0.341 e. The van der Waals surface area contributed by atoms with Crippen molar-refractivity contribution in [1.82, 2.24) is 9.55 Å². The van der Waals surface area contributed by atoms with Gasteiger partial charge in [-0.2, -0.15) is 0 Å². The van der Waals surface area contributed by atoms with Crippen molar-refractivity contribution >= 4 is 22.2 Å². The van der Waals surface area contributed by atoms with Crippen molar-refractivity contribution in [1.29, 1.82) is 0 Å². The van der Waals surface area contributed by atoms with E-state index in [0.717, 1.165) is 19.4 Å². The topological polar surface area (TPSA) is 17.8 Å². The van der Waals surface area contributed by atoms with Gasteiger partial charge in [-0.15, -0.1) is 11.3 Å². The van der Waals surface area contributed by atoms with Gasteiger partial charge in [0, 0.05) is 11.6 Å². The summed E-state index contributed by atoms with van der Waals surface area (Å²) in [7, 11) is 0. The molecule has 3 rings (SSSR count). The van der Waals surface area contributed by atoms with Crippen LogP contribution in [0.4, 0.5) is 0 Å². The summed E-state index contributed by atoms with van der Waals surface area (Å²) >= 11 is 1.79. The smallest absolute Gasteiger partial charge is 0.0928 e. The Kier molecular flexibility index (Phi) is 3.88. The van der Waals surface area contributed by atoms with Gasteiger partial charge in [0.2, 0.25) is 0 Å². The van der Waals surface area contributed by atoms with Crippen LogP contribution in [0.2, 0.25) is 0 Å². The molecule has 0 saturated carbocycles. The zero-order valence-corrected chi connectivity index (χ0v) is 12.9. The molecule has 0 saturated heterocycles. The fourth-order valence-corrected chi connectivity index (χ4v) is 3.57. The summed E-state index contributed by atoms with van der Waals surface area (Å²) in [6.45, 7) is 5.29. The molecule has 0 N–H and O–H groups in total. The van der Waals surface area contributed by atoms with E-state index < -0.39 is 0 Å². The Hall–Kier alpha value is -1.61. The molecule has 3 aromatic rings. The van der Waals surface area contributed by atoms with E-state index in [9.17, 15) is 0 Å². The van der Waals surface area contributed by atoms with E-state index in [1.165, 1.54) is 33.6 Å². The first-order valence-corrected chi connectivity index (χ1v) is 8.19. The lowest BCUT2D eigenvalue weighted by Crippen LogP contribution is -2.00. The number of aryl methyl sites for hydroxylation is 2. The molecule has 0 bridgehead atoms. The van der Waals surface area contributed by atoms with Gasteiger partial charge in [-0.05, 0) is 36.3 Å². The minimum atomic E-state index is 0.876. The van der Waals surface area contributed by atoms with Crippen LogP contribution in [-0.4, -0.2) is 9.55 Å². The van der Waals surface area contributed by atoms with Crippen molar-refractivity contribution in [2.45, 2.75) is 39.7 Å². The molecule has 0 aliphatic carbocycles. The highest BCUT2D eigenvalue weighted by Crippen LogP contribution is 2.22. The summed E-state index contributed by atoms with van der Waals surface area (Å²) in [6.07, 6.45) is 5.51. The second-order valence-corrected chi connectivity index (χ2v) is 6.08. The third-order valence-electron chi connectivity index (χ3n) is 3.65. The number of hydrogen-bond acceptors (Lipinski definition) is 2. The molecule has 0 spiro atoms. The Morgan fingerprint density at radius 2 is 2.10 bits per heavy atom. The maximum atomic E-state index is 4.73. The Bertz CT molecular complexity index is 709. The van der Waals surface area contributed by atoms with Crippen molar-refractivity contribution in [3.05, 3.63) is 52.1 Å². The van der Waals surface area contributed by atoms with Gasteiger partial charge < -0.3 is 4.57 Å². The van der Waals surface area contributed by atoms with Gasteiger partial charge in [0.1, 0.15) is 0 Å². The van der Waals surface area contributed by atoms with Gasteiger partial charge in [-0.1, -0.05) is 32.0 Å². The van der Waals surface area contributed by atoms with Crippen LogP contribution in [0.5, 0.6) is 0 Å². The molecule has 2 heterocycles. The molecule has 3 heteroatoms. The molecule has 2 aromatic heterocycles. The average molecular weight is 284 g/mol. The number of benzene rings is 1. The summed E-state index contributed by atoms with van der Waals surface area (Å²) in [5.41, 5.74) is 3.96. The minimum absolute atomic E-state index is 0.876. The van der Waals surface area contributed by atoms with E-state index in [4.69, 9.17) is 4.98 Å². The highest BCUT2D eigenvalue weighted by Gasteiger charge is 2.08. The highest BCUT2D eigenvalue weighted by molar-refractivity contribution is 7.09. The summed E-state index contributed by atoms with van der Waals surface area (Å²) in [6, 6.07) is 8.76. The molecule has 0 atom stereocenters. The molecule has 1 aromatic carbocycles. The fraction of sp³-hybridized carbons (Fsp3) is 0.353. The Balaban J connectivity index is 1.93. The summed E-state index contributed by atoms with van der Waals surface area (Å²) in [5, 5.41) is 4.79. The molecule has 0 amide bonds. The second kappa shape index (κ2) is 5.80. The van der Waals surface area contributed by atoms with Gasteiger partial charge in [0.25, 0.3) is 0 Å². The predicted octanol–water partition coefficient (Wildman–Crippen LogP) is 4.66. The summed E-state index contributed by atoms with van der Waals surface area (Å²) < 4.78 is 2.33. The lowest BCUT2D eigenvalue weighted by atomic mass is 10.1. The van der Waals surface area contributed by atoms with Crippen LogP contribution < -0.4 is 0 Å². The van der Waals surface area contributed by atoms with E-state index in [-0.39, 0.29) is 0 Å². The van der Waals surface area contributed by atoms with E-state index in [1.807, 2.05) is 0 Å². The average Bonchev–Trinajstić information content (AvgIpc) is 3.07. The molecule has 104 valence electrons. The SMILES string of the molecule is CCCc1nc(Cn2ccc3cccc(CC)c32)cs1. The Labute approximate surface area is 124 Å². The number of hydrogen-bond donors (Lipinski definition) is 0. The van der Waals surface area contributed by atoms with Gasteiger partial charge in [-0.3, -0.25) is 0 Å². The van der Waals surface area contributed by atoms with Crippen LogP contribution in [0.1, 0.15) is 36.5 Å². The third-order valence-corrected chi connectivity index (χ3v) is 4.61. The zero-order chi connectivity index (χ0) is 13.9. The zero-order valence-electron chi connectivity index (χ0n) is 12.1. The first kappa shape index (κ1) is 13.4. The normalized spacial score (nSPS) is 11.3. The van der Waals surface area contributed by atoms with Crippen LogP contribution in [0.3, 0.4) is 0 Å². The molecule has 0 fully saturated rings. The van der Waals surface area contributed by atoms with Gasteiger partial charge in [0.15, 0.2) is 0 Å². The lowest BCUT2D eigenvalue weighted by Gasteiger charge is -2.07. The molecule has 0 aliphatic rings. The monoisotopic (exact) mass is 284 g/mol. The quantitative estimate of drug-likeness (QED) is 0.666.